The van der Waals surface area contributed by atoms with E-state index in [0.29, 0.717) is 31.0 Å². The van der Waals surface area contributed by atoms with E-state index in [2.05, 4.69) is 17.4 Å². The van der Waals surface area contributed by atoms with Crippen molar-refractivity contribution in [1.29, 1.82) is 0 Å². The number of fused-ring (bicyclic) bond motifs is 1. The van der Waals surface area contributed by atoms with Gasteiger partial charge in [-0.25, -0.2) is 0 Å². The second-order valence-corrected chi connectivity index (χ2v) is 7.63. The molecule has 152 valence electrons. The summed E-state index contributed by atoms with van der Waals surface area (Å²) in [5, 5.41) is 2.95. The number of methoxy groups -OCH3 is 2. The summed E-state index contributed by atoms with van der Waals surface area (Å²) in [6.07, 6.45) is 1.51. The predicted molar refractivity (Wildman–Crippen MR) is 109 cm³/mol. The Kier molecular flexibility index (Phi) is 5.43. The van der Waals surface area contributed by atoms with Crippen LogP contribution in [0.1, 0.15) is 23.1 Å². The number of hydrogen-bond donors (Lipinski definition) is 1. The maximum atomic E-state index is 12.8. The molecule has 0 aromatic heterocycles. The minimum absolute atomic E-state index is 0.0597. The van der Waals surface area contributed by atoms with E-state index >= 15 is 0 Å². The molecule has 1 saturated carbocycles. The first kappa shape index (κ1) is 19.3. The fourth-order valence-corrected chi connectivity index (χ4v) is 3.99. The van der Waals surface area contributed by atoms with Gasteiger partial charge in [0.15, 0.2) is 11.5 Å². The van der Waals surface area contributed by atoms with Crippen molar-refractivity contribution in [2.75, 3.05) is 20.8 Å². The van der Waals surface area contributed by atoms with E-state index in [9.17, 15) is 9.59 Å². The van der Waals surface area contributed by atoms with Crippen molar-refractivity contribution in [3.63, 3.8) is 0 Å². The highest BCUT2D eigenvalue weighted by Crippen LogP contribution is 2.41. The third kappa shape index (κ3) is 4.06. The lowest BCUT2D eigenvalue weighted by Gasteiger charge is -2.29. The largest absolute Gasteiger partial charge is 0.493 e. The lowest BCUT2D eigenvalue weighted by Crippen LogP contribution is -2.38. The Hall–Kier alpha value is -3.02. The summed E-state index contributed by atoms with van der Waals surface area (Å²) in [4.78, 5) is 27.2. The molecule has 1 heterocycles. The molecule has 4 rings (SSSR count). The molecule has 0 spiro atoms. The minimum atomic E-state index is -0.222. The van der Waals surface area contributed by atoms with E-state index in [1.165, 1.54) is 11.1 Å². The van der Waals surface area contributed by atoms with Crippen LogP contribution in [-0.4, -0.2) is 37.5 Å². The Balaban J connectivity index is 1.30. The summed E-state index contributed by atoms with van der Waals surface area (Å²) in [5.74, 6) is 0.912. The number of carbonyl (C=O) groups excluding carboxylic acids is 2. The number of carbonyl (C=O) groups is 2. The van der Waals surface area contributed by atoms with Crippen LogP contribution in [0.3, 0.4) is 0 Å². The third-order valence-corrected chi connectivity index (χ3v) is 5.80. The molecule has 1 aliphatic carbocycles. The third-order valence-electron chi connectivity index (χ3n) is 5.80. The molecule has 2 atom stereocenters. The van der Waals surface area contributed by atoms with Gasteiger partial charge in [-0.3, -0.25) is 9.59 Å². The maximum Gasteiger partial charge on any atom is 0.226 e. The Bertz CT molecular complexity index is 927. The molecule has 1 aliphatic heterocycles. The van der Waals surface area contributed by atoms with Crippen LogP contribution < -0.4 is 14.8 Å². The van der Waals surface area contributed by atoms with Crippen molar-refractivity contribution >= 4 is 11.8 Å². The summed E-state index contributed by atoms with van der Waals surface area (Å²) in [7, 11) is 3.17. The van der Waals surface area contributed by atoms with Gasteiger partial charge in [-0.1, -0.05) is 30.3 Å². The quantitative estimate of drug-likeness (QED) is 0.818. The lowest BCUT2D eigenvalue weighted by atomic mass is 9.99. The van der Waals surface area contributed by atoms with Crippen LogP contribution in [-0.2, 0) is 29.1 Å². The van der Waals surface area contributed by atoms with Crippen molar-refractivity contribution < 1.29 is 19.1 Å². The summed E-state index contributed by atoms with van der Waals surface area (Å²) in [6.45, 7) is 1.77. The Labute approximate surface area is 170 Å². The van der Waals surface area contributed by atoms with Gasteiger partial charge in [-0.2, -0.15) is 0 Å². The molecular weight excluding hydrogens is 368 g/mol. The number of ether oxygens (including phenoxy) is 2. The number of nitrogens with zero attached hydrogens (tertiary/aromatic N) is 1. The van der Waals surface area contributed by atoms with Crippen LogP contribution >= 0.6 is 0 Å². The lowest BCUT2D eigenvalue weighted by molar-refractivity contribution is -0.135. The van der Waals surface area contributed by atoms with Gasteiger partial charge >= 0.3 is 0 Å². The zero-order valence-electron chi connectivity index (χ0n) is 16.8. The van der Waals surface area contributed by atoms with Crippen molar-refractivity contribution in [3.05, 3.63) is 59.2 Å². The molecule has 1 N–H and O–H groups in total. The van der Waals surface area contributed by atoms with Crippen molar-refractivity contribution in [2.24, 2.45) is 11.8 Å². The zero-order valence-corrected chi connectivity index (χ0v) is 16.8. The summed E-state index contributed by atoms with van der Waals surface area (Å²) in [5.41, 5.74) is 3.45. The van der Waals surface area contributed by atoms with Gasteiger partial charge in [0.25, 0.3) is 0 Å². The van der Waals surface area contributed by atoms with Crippen LogP contribution in [0.4, 0.5) is 0 Å². The fourth-order valence-electron chi connectivity index (χ4n) is 3.99. The fraction of sp³-hybridized carbons (Fsp3) is 0.391. The highest BCUT2D eigenvalue weighted by molar-refractivity contribution is 5.92. The van der Waals surface area contributed by atoms with Crippen molar-refractivity contribution in [3.8, 4) is 11.5 Å². The van der Waals surface area contributed by atoms with Gasteiger partial charge in [0.2, 0.25) is 11.8 Å². The molecule has 29 heavy (non-hydrogen) atoms. The van der Waals surface area contributed by atoms with Gasteiger partial charge in [-0.15, -0.1) is 0 Å². The number of rotatable bonds is 6. The van der Waals surface area contributed by atoms with E-state index in [0.717, 1.165) is 18.5 Å². The summed E-state index contributed by atoms with van der Waals surface area (Å²) in [6, 6.07) is 13.8. The zero-order chi connectivity index (χ0) is 20.4. The monoisotopic (exact) mass is 394 g/mol. The van der Waals surface area contributed by atoms with E-state index in [4.69, 9.17) is 9.47 Å². The molecule has 1 fully saturated rings. The summed E-state index contributed by atoms with van der Waals surface area (Å²) < 4.78 is 10.5. The molecule has 2 amide bonds. The molecule has 6 heteroatoms. The van der Waals surface area contributed by atoms with Crippen molar-refractivity contribution in [1.82, 2.24) is 10.2 Å². The van der Waals surface area contributed by atoms with Crippen LogP contribution in [0.25, 0.3) is 0 Å². The first-order valence-electron chi connectivity index (χ1n) is 9.95. The molecule has 0 saturated heterocycles. The molecule has 0 bridgehead atoms. The molecular formula is C23H26N2O4. The Morgan fingerprint density at radius 1 is 1.03 bits per heavy atom. The smallest absolute Gasteiger partial charge is 0.226 e. The standard InChI is InChI=1S/C23H26N2O4/c1-28-20-8-7-15(11-21(20)29-2)13-24-22(26)18-12-19(18)23(27)25-10-9-16-5-3-4-6-17(16)14-25/h3-8,11,18-19H,9-10,12-14H2,1-2H3,(H,24,26). The molecule has 0 radical (unpaired) electrons. The van der Waals surface area contributed by atoms with Gasteiger partial charge < -0.3 is 19.7 Å². The van der Waals surface area contributed by atoms with Gasteiger partial charge in [0.1, 0.15) is 0 Å². The van der Waals surface area contributed by atoms with Crippen LogP contribution in [0.15, 0.2) is 42.5 Å². The first-order chi connectivity index (χ1) is 14.1. The van der Waals surface area contributed by atoms with Gasteiger partial charge in [-0.05, 0) is 41.7 Å². The minimum Gasteiger partial charge on any atom is -0.493 e. The molecule has 2 unspecified atom stereocenters. The highest BCUT2D eigenvalue weighted by Gasteiger charge is 2.49. The average Bonchev–Trinajstić information content (AvgIpc) is 3.57. The number of amides is 2. The van der Waals surface area contributed by atoms with E-state index in [-0.39, 0.29) is 23.7 Å². The Morgan fingerprint density at radius 3 is 2.55 bits per heavy atom. The van der Waals surface area contributed by atoms with E-state index in [1.54, 1.807) is 14.2 Å². The van der Waals surface area contributed by atoms with Crippen molar-refractivity contribution in [2.45, 2.75) is 25.9 Å². The van der Waals surface area contributed by atoms with E-state index in [1.807, 2.05) is 35.2 Å². The van der Waals surface area contributed by atoms with Crippen LogP contribution in [0, 0.1) is 11.8 Å². The topological polar surface area (TPSA) is 67.9 Å². The maximum absolute atomic E-state index is 12.8. The highest BCUT2D eigenvalue weighted by atomic mass is 16.5. The van der Waals surface area contributed by atoms with Crippen LogP contribution in [0.2, 0.25) is 0 Å². The molecule has 2 aromatic carbocycles. The normalized spacial score (nSPS) is 19.9. The molecule has 6 nitrogen and oxygen atoms in total. The van der Waals surface area contributed by atoms with E-state index < -0.39 is 0 Å². The second kappa shape index (κ2) is 8.15. The summed E-state index contributed by atoms with van der Waals surface area (Å²) >= 11 is 0. The predicted octanol–water partition coefficient (Wildman–Crippen LogP) is 2.54. The molecule has 2 aromatic rings. The first-order valence-corrected chi connectivity index (χ1v) is 9.95. The van der Waals surface area contributed by atoms with Gasteiger partial charge in [0, 0.05) is 19.6 Å². The van der Waals surface area contributed by atoms with Crippen LogP contribution in [0.5, 0.6) is 11.5 Å². The molecule has 2 aliphatic rings. The SMILES string of the molecule is COc1ccc(CNC(=O)C2CC2C(=O)N2CCc3ccccc3C2)cc1OC. The number of nitrogens with one attached hydrogen (secondary N) is 1. The van der Waals surface area contributed by atoms with Gasteiger partial charge in [0.05, 0.1) is 26.1 Å². The number of benzene rings is 2. The average molecular weight is 394 g/mol. The second-order valence-electron chi connectivity index (χ2n) is 7.63. The number of hydrogen-bond acceptors (Lipinski definition) is 4. The Morgan fingerprint density at radius 2 is 1.79 bits per heavy atom.